The normalized spacial score (nSPS) is 11.9. The van der Waals surface area contributed by atoms with E-state index in [2.05, 4.69) is 25.2 Å². The van der Waals surface area contributed by atoms with Crippen molar-refractivity contribution in [2.75, 3.05) is 11.4 Å². The van der Waals surface area contributed by atoms with E-state index >= 15 is 0 Å². The smallest absolute Gasteiger partial charge is 0.324 e. The van der Waals surface area contributed by atoms with Crippen LogP contribution in [0.5, 0.6) is 5.75 Å². The second-order valence-electron chi connectivity index (χ2n) is 5.98. The number of urea groups is 1. The molecule has 2 aromatic carbocycles. The van der Waals surface area contributed by atoms with Crippen molar-refractivity contribution in [2.24, 2.45) is 0 Å². The molecule has 2 aromatic rings. The number of carbonyl (C=O) groups is 1. The molecule has 1 N–H and O–H groups in total. The summed E-state index contributed by atoms with van der Waals surface area (Å²) in [6, 6.07) is 17.4. The van der Waals surface area contributed by atoms with Crippen LogP contribution >= 0.6 is 0 Å². The third-order valence-corrected chi connectivity index (χ3v) is 3.80. The van der Waals surface area contributed by atoms with Crippen LogP contribution in [-0.4, -0.2) is 18.8 Å². The molecule has 0 aromatic heterocycles. The number of para-hydroxylation sites is 2. The molecule has 0 aliphatic heterocycles. The maximum atomic E-state index is 12.5. The number of nitrogens with zero attached hydrogens (tertiary/aromatic N) is 1. The molecule has 0 saturated carbocycles. The first-order chi connectivity index (χ1) is 11.5. The lowest BCUT2D eigenvalue weighted by atomic mass is 10.0. The maximum Gasteiger partial charge on any atom is 0.324 e. The summed E-state index contributed by atoms with van der Waals surface area (Å²) in [5.41, 5.74) is 2.00. The number of amides is 2. The van der Waals surface area contributed by atoms with Crippen LogP contribution in [0.15, 0.2) is 54.6 Å². The molecule has 0 spiro atoms. The molecule has 1 atom stereocenters. The highest BCUT2D eigenvalue weighted by Gasteiger charge is 2.17. The minimum atomic E-state index is -0.421. The molecule has 1 unspecified atom stereocenters. The average Bonchev–Trinajstić information content (AvgIpc) is 2.56. The van der Waals surface area contributed by atoms with E-state index in [0.29, 0.717) is 12.5 Å². The van der Waals surface area contributed by atoms with Crippen molar-refractivity contribution in [1.29, 1.82) is 0 Å². The van der Waals surface area contributed by atoms with Gasteiger partial charge in [0.1, 0.15) is 5.75 Å². The van der Waals surface area contributed by atoms with Gasteiger partial charge in [-0.05, 0) is 43.5 Å². The van der Waals surface area contributed by atoms with Crippen LogP contribution in [0, 0.1) is 0 Å². The van der Waals surface area contributed by atoms with Crippen molar-refractivity contribution >= 4 is 11.7 Å². The summed E-state index contributed by atoms with van der Waals surface area (Å²) in [4.78, 5) is 14.2. The Balaban J connectivity index is 2.04. The molecule has 0 bridgehead atoms. The van der Waals surface area contributed by atoms with Crippen molar-refractivity contribution in [3.63, 3.8) is 0 Å². The first kappa shape index (κ1) is 17.9. The topological polar surface area (TPSA) is 41.6 Å². The summed E-state index contributed by atoms with van der Waals surface area (Å²) in [5, 5.41) is 2.91. The van der Waals surface area contributed by atoms with Gasteiger partial charge in [0.15, 0.2) is 6.23 Å². The highest BCUT2D eigenvalue weighted by Crippen LogP contribution is 2.26. The SMILES string of the molecule is CCN(C(=O)NC(C)Oc1ccccc1C(C)C)c1ccccc1. The van der Waals surface area contributed by atoms with E-state index < -0.39 is 6.23 Å². The van der Waals surface area contributed by atoms with E-state index in [1.807, 2.05) is 62.4 Å². The van der Waals surface area contributed by atoms with Gasteiger partial charge in [0.25, 0.3) is 0 Å². The fraction of sp³-hybridized carbons (Fsp3) is 0.350. The van der Waals surface area contributed by atoms with Gasteiger partial charge in [0.05, 0.1) is 0 Å². The number of hydrogen-bond acceptors (Lipinski definition) is 2. The fourth-order valence-electron chi connectivity index (χ4n) is 2.59. The number of carbonyl (C=O) groups excluding carboxylic acids is 1. The first-order valence-corrected chi connectivity index (χ1v) is 8.41. The van der Waals surface area contributed by atoms with Crippen molar-refractivity contribution in [3.8, 4) is 5.75 Å². The molecule has 0 aliphatic carbocycles. The van der Waals surface area contributed by atoms with Gasteiger partial charge in [-0.1, -0.05) is 50.2 Å². The number of rotatable bonds is 6. The molecule has 4 heteroatoms. The summed E-state index contributed by atoms with van der Waals surface area (Å²) in [6.07, 6.45) is -0.421. The molecule has 0 heterocycles. The Morgan fingerprint density at radius 3 is 2.29 bits per heavy atom. The largest absolute Gasteiger partial charge is 0.471 e. The van der Waals surface area contributed by atoms with Crippen LogP contribution in [0.1, 0.15) is 39.2 Å². The number of hydrogen-bond donors (Lipinski definition) is 1. The van der Waals surface area contributed by atoms with Gasteiger partial charge < -0.3 is 10.1 Å². The van der Waals surface area contributed by atoms with Crippen LogP contribution in [0.25, 0.3) is 0 Å². The lowest BCUT2D eigenvalue weighted by molar-refractivity contribution is 0.178. The van der Waals surface area contributed by atoms with Crippen LogP contribution in [0.4, 0.5) is 10.5 Å². The number of anilines is 1. The zero-order valence-corrected chi connectivity index (χ0v) is 14.8. The van der Waals surface area contributed by atoms with Crippen molar-refractivity contribution in [3.05, 3.63) is 60.2 Å². The molecule has 2 rings (SSSR count). The summed E-state index contributed by atoms with van der Waals surface area (Å²) in [7, 11) is 0. The summed E-state index contributed by atoms with van der Waals surface area (Å²) >= 11 is 0. The summed E-state index contributed by atoms with van der Waals surface area (Å²) in [6.45, 7) is 8.63. The highest BCUT2D eigenvalue weighted by atomic mass is 16.5. The zero-order valence-electron chi connectivity index (χ0n) is 14.8. The predicted molar refractivity (Wildman–Crippen MR) is 98.6 cm³/mol. The Morgan fingerprint density at radius 2 is 1.67 bits per heavy atom. The molecule has 2 amide bonds. The Morgan fingerprint density at radius 1 is 1.04 bits per heavy atom. The maximum absolute atomic E-state index is 12.5. The summed E-state index contributed by atoms with van der Waals surface area (Å²) < 4.78 is 5.95. The molecule has 0 aliphatic rings. The van der Waals surface area contributed by atoms with Crippen LogP contribution < -0.4 is 15.0 Å². The van der Waals surface area contributed by atoms with Gasteiger partial charge in [-0.2, -0.15) is 0 Å². The van der Waals surface area contributed by atoms with E-state index in [9.17, 15) is 4.79 Å². The van der Waals surface area contributed by atoms with E-state index in [4.69, 9.17) is 4.74 Å². The van der Waals surface area contributed by atoms with Crippen molar-refractivity contribution in [2.45, 2.75) is 39.8 Å². The van der Waals surface area contributed by atoms with E-state index in [-0.39, 0.29) is 6.03 Å². The van der Waals surface area contributed by atoms with Gasteiger partial charge in [0.2, 0.25) is 0 Å². The number of benzene rings is 2. The highest BCUT2D eigenvalue weighted by molar-refractivity contribution is 5.91. The van der Waals surface area contributed by atoms with Crippen molar-refractivity contribution in [1.82, 2.24) is 5.32 Å². The van der Waals surface area contributed by atoms with Crippen LogP contribution in [0.3, 0.4) is 0 Å². The van der Waals surface area contributed by atoms with Crippen molar-refractivity contribution < 1.29 is 9.53 Å². The van der Waals surface area contributed by atoms with Gasteiger partial charge in [-0.3, -0.25) is 4.90 Å². The van der Waals surface area contributed by atoms with Crippen LogP contribution in [-0.2, 0) is 0 Å². The van der Waals surface area contributed by atoms with E-state index in [1.54, 1.807) is 4.90 Å². The monoisotopic (exact) mass is 326 g/mol. The van der Waals surface area contributed by atoms with E-state index in [0.717, 1.165) is 17.0 Å². The second-order valence-corrected chi connectivity index (χ2v) is 5.98. The second kappa shape index (κ2) is 8.39. The summed E-state index contributed by atoms with van der Waals surface area (Å²) in [5.74, 6) is 1.17. The molecule has 128 valence electrons. The average molecular weight is 326 g/mol. The fourth-order valence-corrected chi connectivity index (χ4v) is 2.59. The molecule has 0 fully saturated rings. The van der Waals surface area contributed by atoms with Gasteiger partial charge in [-0.25, -0.2) is 4.79 Å². The Labute approximate surface area is 144 Å². The van der Waals surface area contributed by atoms with E-state index in [1.165, 1.54) is 0 Å². The lowest BCUT2D eigenvalue weighted by Gasteiger charge is -2.25. The molecule has 0 radical (unpaired) electrons. The molecule has 24 heavy (non-hydrogen) atoms. The first-order valence-electron chi connectivity index (χ1n) is 8.41. The van der Waals surface area contributed by atoms with Gasteiger partial charge in [0, 0.05) is 12.2 Å². The number of ether oxygens (including phenoxy) is 1. The third kappa shape index (κ3) is 4.51. The molecular weight excluding hydrogens is 300 g/mol. The Bertz CT molecular complexity index is 656. The minimum Gasteiger partial charge on any atom is -0.471 e. The Hall–Kier alpha value is -2.49. The van der Waals surface area contributed by atoms with Gasteiger partial charge in [-0.15, -0.1) is 0 Å². The quantitative estimate of drug-likeness (QED) is 0.777. The standard InChI is InChI=1S/C20H26N2O2/c1-5-22(17-11-7-6-8-12-17)20(23)21-16(4)24-19-14-10-9-13-18(19)15(2)3/h6-16H,5H2,1-4H3,(H,21,23). The zero-order chi connectivity index (χ0) is 17.5. The third-order valence-electron chi connectivity index (χ3n) is 3.80. The Kier molecular flexibility index (Phi) is 6.24. The lowest BCUT2D eigenvalue weighted by Crippen LogP contribution is -2.46. The minimum absolute atomic E-state index is 0.168. The molecular formula is C20H26N2O2. The number of nitrogens with one attached hydrogen (secondary N) is 1. The predicted octanol–water partition coefficient (Wildman–Crippen LogP) is 4.77. The van der Waals surface area contributed by atoms with Gasteiger partial charge >= 0.3 is 6.03 Å². The molecule has 0 saturated heterocycles. The molecule has 4 nitrogen and oxygen atoms in total. The van der Waals surface area contributed by atoms with Crippen LogP contribution in [0.2, 0.25) is 0 Å².